The highest BCUT2D eigenvalue weighted by Gasteiger charge is 2.13. The van der Waals surface area contributed by atoms with E-state index in [4.69, 9.17) is 14.2 Å². The predicted octanol–water partition coefficient (Wildman–Crippen LogP) is 3.33. The minimum absolute atomic E-state index is 0. The molecule has 0 aliphatic heterocycles. The Labute approximate surface area is 190 Å². The summed E-state index contributed by atoms with van der Waals surface area (Å²) in [6.45, 7) is 6.18. The number of nitrogens with zero attached hydrogens (tertiary/aromatic N) is 2. The zero-order valence-electron chi connectivity index (χ0n) is 17.7. The van der Waals surface area contributed by atoms with Crippen LogP contribution in [0, 0.1) is 6.92 Å². The quantitative estimate of drug-likeness (QED) is 0.304. The van der Waals surface area contributed by atoms with E-state index in [0.717, 1.165) is 31.0 Å². The fourth-order valence-corrected chi connectivity index (χ4v) is 2.84. The number of ether oxygens (including phenoxy) is 3. The van der Waals surface area contributed by atoms with Crippen LogP contribution < -0.4 is 24.8 Å². The number of methoxy groups -OCH3 is 3. The number of hydrogen-bond donors (Lipinski definition) is 2. The molecule has 1 aromatic heterocycles. The SMILES string of the molecule is CCNC(=NCc1cc(OC)c(OC)c(OC)c1)NCCc1ccncc1C.I. The molecule has 160 valence electrons. The number of aliphatic imine (C=N–C) groups is 1. The number of aryl methyl sites for hydroxylation is 1. The van der Waals surface area contributed by atoms with Crippen molar-refractivity contribution in [2.75, 3.05) is 34.4 Å². The number of halogens is 1. The molecule has 29 heavy (non-hydrogen) atoms. The number of nitrogens with one attached hydrogen (secondary N) is 2. The molecule has 0 amide bonds. The van der Waals surface area contributed by atoms with Crippen LogP contribution in [0.5, 0.6) is 17.2 Å². The molecule has 0 spiro atoms. The van der Waals surface area contributed by atoms with Crippen molar-refractivity contribution in [3.63, 3.8) is 0 Å². The summed E-state index contributed by atoms with van der Waals surface area (Å²) in [6, 6.07) is 5.88. The Bertz CT molecular complexity index is 774. The van der Waals surface area contributed by atoms with Crippen molar-refractivity contribution in [3.8, 4) is 17.2 Å². The number of hydrogen-bond acceptors (Lipinski definition) is 5. The molecule has 0 unspecified atom stereocenters. The van der Waals surface area contributed by atoms with Crippen molar-refractivity contribution in [2.45, 2.75) is 26.8 Å². The van der Waals surface area contributed by atoms with Crippen LogP contribution >= 0.6 is 24.0 Å². The number of rotatable bonds is 9. The first-order valence-electron chi connectivity index (χ1n) is 9.33. The second-order valence-electron chi connectivity index (χ2n) is 6.21. The summed E-state index contributed by atoms with van der Waals surface area (Å²) in [5.74, 6) is 2.59. The molecular formula is C21H31IN4O3. The number of guanidine groups is 1. The molecule has 0 aliphatic rings. The average Bonchev–Trinajstić information content (AvgIpc) is 2.72. The first kappa shape index (κ1) is 24.8. The maximum Gasteiger partial charge on any atom is 0.203 e. The van der Waals surface area contributed by atoms with Crippen molar-refractivity contribution >= 4 is 29.9 Å². The normalized spacial score (nSPS) is 10.7. The molecule has 0 saturated carbocycles. The summed E-state index contributed by atoms with van der Waals surface area (Å²) in [6.07, 6.45) is 4.62. The second kappa shape index (κ2) is 13.1. The van der Waals surface area contributed by atoms with E-state index in [2.05, 4.69) is 33.6 Å². The molecule has 2 N–H and O–H groups in total. The van der Waals surface area contributed by atoms with Crippen LogP contribution in [0.15, 0.2) is 35.6 Å². The third-order valence-electron chi connectivity index (χ3n) is 4.31. The lowest BCUT2D eigenvalue weighted by molar-refractivity contribution is 0.324. The lowest BCUT2D eigenvalue weighted by Gasteiger charge is -2.14. The minimum Gasteiger partial charge on any atom is -0.493 e. The zero-order chi connectivity index (χ0) is 20.4. The summed E-state index contributed by atoms with van der Waals surface area (Å²) >= 11 is 0. The van der Waals surface area contributed by atoms with Gasteiger partial charge < -0.3 is 24.8 Å². The first-order chi connectivity index (χ1) is 13.6. The van der Waals surface area contributed by atoms with Crippen molar-refractivity contribution in [1.29, 1.82) is 0 Å². The Morgan fingerprint density at radius 1 is 1.07 bits per heavy atom. The highest BCUT2D eigenvalue weighted by molar-refractivity contribution is 14.0. The van der Waals surface area contributed by atoms with Crippen LogP contribution in [0.1, 0.15) is 23.6 Å². The molecular weight excluding hydrogens is 483 g/mol. The monoisotopic (exact) mass is 514 g/mol. The predicted molar refractivity (Wildman–Crippen MR) is 127 cm³/mol. The molecule has 0 bridgehead atoms. The van der Waals surface area contributed by atoms with Gasteiger partial charge in [-0.3, -0.25) is 4.98 Å². The van der Waals surface area contributed by atoms with Crippen molar-refractivity contribution in [1.82, 2.24) is 15.6 Å². The summed E-state index contributed by atoms with van der Waals surface area (Å²) in [7, 11) is 4.81. The zero-order valence-corrected chi connectivity index (χ0v) is 20.1. The van der Waals surface area contributed by atoms with Crippen LogP contribution in [-0.2, 0) is 13.0 Å². The van der Waals surface area contributed by atoms with Gasteiger partial charge in [0, 0.05) is 25.5 Å². The molecule has 2 aromatic rings. The number of pyridine rings is 1. The Morgan fingerprint density at radius 3 is 2.31 bits per heavy atom. The van der Waals surface area contributed by atoms with Gasteiger partial charge >= 0.3 is 0 Å². The van der Waals surface area contributed by atoms with E-state index in [0.29, 0.717) is 23.8 Å². The van der Waals surface area contributed by atoms with Gasteiger partial charge in [-0.1, -0.05) is 0 Å². The van der Waals surface area contributed by atoms with Gasteiger partial charge in [-0.15, -0.1) is 24.0 Å². The van der Waals surface area contributed by atoms with E-state index in [1.165, 1.54) is 11.1 Å². The molecule has 7 nitrogen and oxygen atoms in total. The maximum atomic E-state index is 5.41. The van der Waals surface area contributed by atoms with Crippen molar-refractivity contribution in [2.24, 2.45) is 4.99 Å². The van der Waals surface area contributed by atoms with E-state index in [9.17, 15) is 0 Å². The topological polar surface area (TPSA) is 77.0 Å². The van der Waals surface area contributed by atoms with Crippen molar-refractivity contribution < 1.29 is 14.2 Å². The summed E-state index contributed by atoms with van der Waals surface area (Å²) in [5.41, 5.74) is 3.45. The van der Waals surface area contributed by atoms with Gasteiger partial charge in [0.2, 0.25) is 5.75 Å². The Kier molecular flexibility index (Phi) is 11.2. The van der Waals surface area contributed by atoms with Gasteiger partial charge in [0.1, 0.15) is 0 Å². The van der Waals surface area contributed by atoms with Gasteiger partial charge in [0.15, 0.2) is 17.5 Å². The van der Waals surface area contributed by atoms with Crippen LogP contribution in [-0.4, -0.2) is 45.4 Å². The average molecular weight is 514 g/mol. The molecule has 0 saturated heterocycles. The van der Waals surface area contributed by atoms with Crippen molar-refractivity contribution in [3.05, 3.63) is 47.3 Å². The second-order valence-corrected chi connectivity index (χ2v) is 6.21. The lowest BCUT2D eigenvalue weighted by atomic mass is 10.1. The Balaban J connectivity index is 0.00000420. The molecule has 0 aliphatic carbocycles. The van der Waals surface area contributed by atoms with Crippen LogP contribution in [0.25, 0.3) is 0 Å². The number of aromatic nitrogens is 1. The van der Waals surface area contributed by atoms with E-state index in [1.807, 2.05) is 31.5 Å². The van der Waals surface area contributed by atoms with Gasteiger partial charge in [-0.25, -0.2) is 4.99 Å². The van der Waals surface area contributed by atoms with E-state index in [1.54, 1.807) is 21.3 Å². The van der Waals surface area contributed by atoms with E-state index in [-0.39, 0.29) is 24.0 Å². The molecule has 0 radical (unpaired) electrons. The summed E-state index contributed by atoms with van der Waals surface area (Å²) in [4.78, 5) is 8.81. The van der Waals surface area contributed by atoms with E-state index < -0.39 is 0 Å². The first-order valence-corrected chi connectivity index (χ1v) is 9.33. The van der Waals surface area contributed by atoms with Crippen LogP contribution in [0.4, 0.5) is 0 Å². The standard InChI is InChI=1S/C21H30N4O3.HI/c1-6-23-21(24-10-8-17-7-9-22-13-15(17)2)25-14-16-11-18(26-3)20(28-5)19(12-16)27-4;/h7,9,11-13H,6,8,10,14H2,1-5H3,(H2,23,24,25);1H. The smallest absolute Gasteiger partial charge is 0.203 e. The van der Waals surface area contributed by atoms with Gasteiger partial charge in [-0.2, -0.15) is 0 Å². The molecule has 0 atom stereocenters. The molecule has 0 fully saturated rings. The highest BCUT2D eigenvalue weighted by Crippen LogP contribution is 2.38. The minimum atomic E-state index is 0. The van der Waals surface area contributed by atoms with Crippen LogP contribution in [0.3, 0.4) is 0 Å². The van der Waals surface area contributed by atoms with E-state index >= 15 is 0 Å². The van der Waals surface area contributed by atoms with Gasteiger partial charge in [0.05, 0.1) is 27.9 Å². The van der Waals surface area contributed by atoms with Gasteiger partial charge in [0.25, 0.3) is 0 Å². The third-order valence-corrected chi connectivity index (χ3v) is 4.31. The largest absolute Gasteiger partial charge is 0.493 e. The summed E-state index contributed by atoms with van der Waals surface area (Å²) < 4.78 is 16.2. The maximum absolute atomic E-state index is 5.41. The highest BCUT2D eigenvalue weighted by atomic mass is 127. The summed E-state index contributed by atoms with van der Waals surface area (Å²) in [5, 5.41) is 6.65. The fourth-order valence-electron chi connectivity index (χ4n) is 2.84. The lowest BCUT2D eigenvalue weighted by Crippen LogP contribution is -2.38. The Hall–Kier alpha value is -2.23. The fraction of sp³-hybridized carbons (Fsp3) is 0.429. The molecule has 8 heteroatoms. The molecule has 1 heterocycles. The Morgan fingerprint density at radius 2 is 1.76 bits per heavy atom. The molecule has 1 aromatic carbocycles. The molecule has 2 rings (SSSR count). The number of benzene rings is 1. The van der Waals surface area contributed by atoms with Gasteiger partial charge in [-0.05, 0) is 55.2 Å². The third kappa shape index (κ3) is 7.26. The van der Waals surface area contributed by atoms with Crippen LogP contribution in [0.2, 0.25) is 0 Å².